The zero-order valence-corrected chi connectivity index (χ0v) is 11.8. The molecule has 0 fully saturated rings. The predicted octanol–water partition coefficient (Wildman–Crippen LogP) is 3.79. The van der Waals surface area contributed by atoms with E-state index in [4.69, 9.17) is 17.4 Å². The van der Waals surface area contributed by atoms with E-state index in [0.717, 1.165) is 29.0 Å². The number of hydrogen-bond acceptors (Lipinski definition) is 2. The molecule has 0 saturated carbocycles. The third kappa shape index (κ3) is 3.80. The maximum absolute atomic E-state index is 6.29. The van der Waals surface area contributed by atoms with Crippen LogP contribution in [0.2, 0.25) is 5.02 Å². The van der Waals surface area contributed by atoms with Crippen molar-refractivity contribution in [1.82, 2.24) is 5.43 Å². The molecule has 0 bridgehead atoms. The summed E-state index contributed by atoms with van der Waals surface area (Å²) < 4.78 is 0. The van der Waals surface area contributed by atoms with Crippen LogP contribution in [0.5, 0.6) is 0 Å². The highest BCUT2D eigenvalue weighted by molar-refractivity contribution is 6.31. The van der Waals surface area contributed by atoms with E-state index < -0.39 is 0 Å². The fourth-order valence-electron chi connectivity index (χ4n) is 2.20. The minimum Gasteiger partial charge on any atom is -0.271 e. The summed E-state index contributed by atoms with van der Waals surface area (Å²) in [6, 6.07) is 16.6. The number of hydrogen-bond donors (Lipinski definition) is 2. The number of aryl methyl sites for hydroxylation is 2. The molecular formula is C16H19ClN2. The summed E-state index contributed by atoms with van der Waals surface area (Å²) in [5.74, 6) is 5.67. The van der Waals surface area contributed by atoms with Gasteiger partial charge < -0.3 is 0 Å². The molecule has 19 heavy (non-hydrogen) atoms. The van der Waals surface area contributed by atoms with Gasteiger partial charge in [0.15, 0.2) is 0 Å². The van der Waals surface area contributed by atoms with Crippen LogP contribution < -0.4 is 11.3 Å². The molecule has 0 aliphatic carbocycles. The molecule has 1 atom stereocenters. The van der Waals surface area contributed by atoms with Crippen molar-refractivity contribution in [2.45, 2.75) is 25.8 Å². The van der Waals surface area contributed by atoms with E-state index in [-0.39, 0.29) is 6.04 Å². The lowest BCUT2D eigenvalue weighted by molar-refractivity contribution is 0.516. The van der Waals surface area contributed by atoms with Crippen LogP contribution in [0.25, 0.3) is 0 Å². The Morgan fingerprint density at radius 2 is 1.89 bits per heavy atom. The molecule has 0 heterocycles. The molecule has 3 heteroatoms. The zero-order chi connectivity index (χ0) is 13.7. The molecule has 0 spiro atoms. The number of rotatable bonds is 5. The minimum atomic E-state index is 0.0771. The maximum atomic E-state index is 6.29. The summed E-state index contributed by atoms with van der Waals surface area (Å²) in [5.41, 5.74) is 6.40. The fraction of sp³-hybridized carbons (Fsp3) is 0.250. The Morgan fingerprint density at radius 3 is 2.53 bits per heavy atom. The zero-order valence-electron chi connectivity index (χ0n) is 11.1. The van der Waals surface area contributed by atoms with E-state index in [2.05, 4.69) is 35.8 Å². The Morgan fingerprint density at radius 1 is 1.16 bits per heavy atom. The molecular weight excluding hydrogens is 256 g/mol. The Labute approximate surface area is 119 Å². The third-order valence-corrected chi connectivity index (χ3v) is 3.62. The van der Waals surface area contributed by atoms with Crippen molar-refractivity contribution in [3.8, 4) is 0 Å². The van der Waals surface area contributed by atoms with Crippen LogP contribution in [0.15, 0.2) is 48.5 Å². The Hall–Kier alpha value is -1.35. The van der Waals surface area contributed by atoms with Gasteiger partial charge in [-0.1, -0.05) is 54.1 Å². The molecule has 2 nitrogen and oxygen atoms in total. The molecule has 0 radical (unpaired) electrons. The first kappa shape index (κ1) is 14.1. The van der Waals surface area contributed by atoms with Gasteiger partial charge in [0.25, 0.3) is 0 Å². The van der Waals surface area contributed by atoms with Gasteiger partial charge in [0.05, 0.1) is 0 Å². The number of nitrogens with two attached hydrogens (primary N) is 1. The van der Waals surface area contributed by atoms with Crippen LogP contribution in [-0.4, -0.2) is 0 Å². The van der Waals surface area contributed by atoms with E-state index in [0.29, 0.717) is 0 Å². The van der Waals surface area contributed by atoms with Crippen molar-refractivity contribution in [3.63, 3.8) is 0 Å². The van der Waals surface area contributed by atoms with Gasteiger partial charge in [0.1, 0.15) is 0 Å². The summed E-state index contributed by atoms with van der Waals surface area (Å²) in [5, 5.41) is 0.774. The Bertz CT molecular complexity index is 526. The lowest BCUT2D eigenvalue weighted by atomic mass is 9.98. The monoisotopic (exact) mass is 274 g/mol. The molecule has 1 unspecified atom stereocenters. The lowest BCUT2D eigenvalue weighted by Gasteiger charge is -2.18. The van der Waals surface area contributed by atoms with Gasteiger partial charge in [-0.3, -0.25) is 11.3 Å². The van der Waals surface area contributed by atoms with Gasteiger partial charge in [0.2, 0.25) is 0 Å². The molecule has 2 rings (SSSR count). The van der Waals surface area contributed by atoms with Gasteiger partial charge >= 0.3 is 0 Å². The summed E-state index contributed by atoms with van der Waals surface area (Å²) in [4.78, 5) is 0. The molecule has 100 valence electrons. The van der Waals surface area contributed by atoms with E-state index in [1.165, 1.54) is 5.56 Å². The quantitative estimate of drug-likeness (QED) is 0.643. The highest BCUT2D eigenvalue weighted by Gasteiger charge is 2.13. The Kier molecular flexibility index (Phi) is 4.97. The molecule has 0 saturated heterocycles. The topological polar surface area (TPSA) is 38.0 Å². The van der Waals surface area contributed by atoms with Crippen molar-refractivity contribution in [2.75, 3.05) is 0 Å². The predicted molar refractivity (Wildman–Crippen MR) is 81.0 cm³/mol. The number of nitrogens with one attached hydrogen (secondary N) is 1. The third-order valence-electron chi connectivity index (χ3n) is 3.30. The van der Waals surface area contributed by atoms with Crippen molar-refractivity contribution >= 4 is 11.6 Å². The fourth-order valence-corrected chi connectivity index (χ4v) is 2.57. The molecule has 0 aromatic heterocycles. The summed E-state index contributed by atoms with van der Waals surface area (Å²) >= 11 is 6.29. The van der Waals surface area contributed by atoms with Crippen LogP contribution in [-0.2, 0) is 6.42 Å². The minimum absolute atomic E-state index is 0.0771. The number of benzene rings is 2. The second-order valence-electron chi connectivity index (χ2n) is 4.77. The van der Waals surface area contributed by atoms with Crippen molar-refractivity contribution in [2.24, 2.45) is 5.84 Å². The molecule has 0 amide bonds. The number of hydrazine groups is 1. The van der Waals surface area contributed by atoms with E-state index in [1.54, 1.807) is 0 Å². The molecule has 3 N–H and O–H groups in total. The molecule has 0 aliphatic rings. The average Bonchev–Trinajstić information content (AvgIpc) is 2.42. The van der Waals surface area contributed by atoms with Crippen molar-refractivity contribution in [1.29, 1.82) is 0 Å². The van der Waals surface area contributed by atoms with E-state index in [1.807, 2.05) is 25.1 Å². The molecule has 0 aliphatic heterocycles. The number of halogens is 1. The van der Waals surface area contributed by atoms with Crippen LogP contribution in [0, 0.1) is 6.92 Å². The molecule has 2 aromatic carbocycles. The van der Waals surface area contributed by atoms with Crippen molar-refractivity contribution in [3.05, 3.63) is 70.2 Å². The van der Waals surface area contributed by atoms with Gasteiger partial charge in [-0.05, 0) is 42.5 Å². The second kappa shape index (κ2) is 6.71. The second-order valence-corrected chi connectivity index (χ2v) is 5.18. The first-order valence-corrected chi connectivity index (χ1v) is 6.84. The smallest absolute Gasteiger partial charge is 0.0477 e. The van der Waals surface area contributed by atoms with Crippen molar-refractivity contribution < 1.29 is 0 Å². The average molecular weight is 275 g/mol. The van der Waals surface area contributed by atoms with Gasteiger partial charge in [-0.15, -0.1) is 0 Å². The molecule has 2 aromatic rings. The van der Waals surface area contributed by atoms with Crippen LogP contribution in [0.4, 0.5) is 0 Å². The van der Waals surface area contributed by atoms with Crippen LogP contribution >= 0.6 is 11.6 Å². The van der Waals surface area contributed by atoms with E-state index >= 15 is 0 Å². The summed E-state index contributed by atoms with van der Waals surface area (Å²) in [6.07, 6.45) is 1.89. The highest BCUT2D eigenvalue weighted by atomic mass is 35.5. The maximum Gasteiger partial charge on any atom is 0.0477 e. The standard InChI is InChI=1S/C16H19ClN2/c1-12-7-9-14(15(17)11-12)16(19-18)10-8-13-5-3-2-4-6-13/h2-7,9,11,16,19H,8,10,18H2,1H3. The highest BCUT2D eigenvalue weighted by Crippen LogP contribution is 2.26. The summed E-state index contributed by atoms with van der Waals surface area (Å²) in [7, 11) is 0. The first-order chi connectivity index (χ1) is 9.20. The first-order valence-electron chi connectivity index (χ1n) is 6.47. The van der Waals surface area contributed by atoms with Crippen LogP contribution in [0.3, 0.4) is 0 Å². The Balaban J connectivity index is 2.08. The van der Waals surface area contributed by atoms with Gasteiger partial charge in [0, 0.05) is 11.1 Å². The van der Waals surface area contributed by atoms with Gasteiger partial charge in [-0.2, -0.15) is 0 Å². The lowest BCUT2D eigenvalue weighted by Crippen LogP contribution is -2.28. The van der Waals surface area contributed by atoms with Gasteiger partial charge in [-0.25, -0.2) is 0 Å². The summed E-state index contributed by atoms with van der Waals surface area (Å²) in [6.45, 7) is 2.03. The SMILES string of the molecule is Cc1ccc(C(CCc2ccccc2)NN)c(Cl)c1. The normalized spacial score (nSPS) is 12.4. The largest absolute Gasteiger partial charge is 0.271 e. The van der Waals surface area contributed by atoms with E-state index in [9.17, 15) is 0 Å². The van der Waals surface area contributed by atoms with Crippen LogP contribution in [0.1, 0.15) is 29.2 Å².